The van der Waals surface area contributed by atoms with Crippen LogP contribution in [0.3, 0.4) is 0 Å². The predicted molar refractivity (Wildman–Crippen MR) is 155 cm³/mol. The number of thiocarbonyl (C=S) groups is 1. The van der Waals surface area contributed by atoms with E-state index in [1.54, 1.807) is 12.3 Å². The van der Waals surface area contributed by atoms with E-state index >= 15 is 0 Å². The fourth-order valence-corrected chi connectivity index (χ4v) is 5.70. The Bertz CT molecular complexity index is 1470. The SMILES string of the molecule is COC(=O)c1cccc(-n2cccc2[C@H]2[C@H](c3ccccn3)NC(=S)N2c2ccc(N3CCOCC3)cc2)c1. The zero-order chi connectivity index (χ0) is 26.8. The number of morpholine rings is 1. The Morgan fingerprint density at radius 3 is 2.51 bits per heavy atom. The summed E-state index contributed by atoms with van der Waals surface area (Å²) >= 11 is 5.93. The lowest BCUT2D eigenvalue weighted by Gasteiger charge is -2.31. The van der Waals surface area contributed by atoms with Gasteiger partial charge in [-0.25, -0.2) is 4.79 Å². The summed E-state index contributed by atoms with van der Waals surface area (Å²) in [5, 5.41) is 4.16. The van der Waals surface area contributed by atoms with Gasteiger partial charge >= 0.3 is 5.97 Å². The van der Waals surface area contributed by atoms with Crippen molar-refractivity contribution in [1.82, 2.24) is 14.9 Å². The second-order valence-electron chi connectivity index (χ2n) is 9.46. The smallest absolute Gasteiger partial charge is 0.337 e. The number of benzene rings is 2. The number of hydrogen-bond donors (Lipinski definition) is 1. The van der Waals surface area contributed by atoms with Gasteiger partial charge in [-0.3, -0.25) is 4.98 Å². The summed E-state index contributed by atoms with van der Waals surface area (Å²) in [6, 6.07) is 25.6. The molecule has 2 aromatic carbocycles. The Labute approximate surface area is 232 Å². The lowest BCUT2D eigenvalue weighted by Crippen LogP contribution is -2.36. The van der Waals surface area contributed by atoms with Gasteiger partial charge in [0.1, 0.15) is 6.04 Å². The first-order valence-electron chi connectivity index (χ1n) is 12.9. The number of anilines is 2. The van der Waals surface area contributed by atoms with Gasteiger partial charge in [-0.2, -0.15) is 0 Å². The van der Waals surface area contributed by atoms with Gasteiger partial charge in [-0.15, -0.1) is 0 Å². The number of methoxy groups -OCH3 is 1. The molecule has 2 saturated heterocycles. The normalized spacial score (nSPS) is 19.2. The van der Waals surface area contributed by atoms with E-state index in [1.807, 2.05) is 48.7 Å². The first kappa shape index (κ1) is 25.1. The first-order valence-corrected chi connectivity index (χ1v) is 13.3. The van der Waals surface area contributed by atoms with Gasteiger partial charge in [-0.1, -0.05) is 12.1 Å². The van der Waals surface area contributed by atoms with Crippen LogP contribution in [0.4, 0.5) is 11.4 Å². The zero-order valence-corrected chi connectivity index (χ0v) is 22.4. The van der Waals surface area contributed by atoms with E-state index in [4.69, 9.17) is 21.7 Å². The number of aromatic nitrogens is 2. The number of carbonyl (C=O) groups excluding carboxylic acids is 1. The van der Waals surface area contributed by atoms with Crippen molar-refractivity contribution in [3.8, 4) is 5.69 Å². The van der Waals surface area contributed by atoms with Crippen molar-refractivity contribution >= 4 is 34.7 Å². The lowest BCUT2D eigenvalue weighted by atomic mass is 10.0. The maximum Gasteiger partial charge on any atom is 0.337 e. The quantitative estimate of drug-likeness (QED) is 0.280. The van der Waals surface area contributed by atoms with Crippen molar-refractivity contribution in [2.75, 3.05) is 43.2 Å². The van der Waals surface area contributed by atoms with Gasteiger partial charge in [-0.05, 0) is 78.9 Å². The topological polar surface area (TPSA) is 71.9 Å². The summed E-state index contributed by atoms with van der Waals surface area (Å²) in [5.74, 6) is -0.373. The van der Waals surface area contributed by atoms with Crippen molar-refractivity contribution in [3.05, 3.63) is 108 Å². The first-order chi connectivity index (χ1) is 19.1. The number of carbonyl (C=O) groups is 1. The number of nitrogens with one attached hydrogen (secondary N) is 1. The number of nitrogens with zero attached hydrogens (tertiary/aromatic N) is 4. The number of esters is 1. The third-order valence-electron chi connectivity index (χ3n) is 7.23. The van der Waals surface area contributed by atoms with Crippen LogP contribution in [0.15, 0.2) is 91.3 Å². The van der Waals surface area contributed by atoms with E-state index in [2.05, 4.69) is 55.0 Å². The van der Waals surface area contributed by atoms with Crippen LogP contribution in [0.5, 0.6) is 0 Å². The summed E-state index contributed by atoms with van der Waals surface area (Å²) in [4.78, 5) is 21.4. The van der Waals surface area contributed by atoms with Gasteiger partial charge in [0.2, 0.25) is 0 Å². The van der Waals surface area contributed by atoms with Crippen molar-refractivity contribution in [2.45, 2.75) is 12.1 Å². The second-order valence-corrected chi connectivity index (χ2v) is 9.84. The van der Waals surface area contributed by atoms with Gasteiger partial charge in [0, 0.05) is 48.2 Å². The van der Waals surface area contributed by atoms with Crippen LogP contribution in [0.2, 0.25) is 0 Å². The Morgan fingerprint density at radius 2 is 1.77 bits per heavy atom. The van der Waals surface area contributed by atoms with E-state index in [9.17, 15) is 4.79 Å². The van der Waals surface area contributed by atoms with Crippen LogP contribution in [-0.2, 0) is 9.47 Å². The molecule has 0 saturated carbocycles. The maximum absolute atomic E-state index is 12.2. The van der Waals surface area contributed by atoms with Crippen LogP contribution in [0.1, 0.15) is 33.8 Å². The van der Waals surface area contributed by atoms with Crippen molar-refractivity contribution in [1.29, 1.82) is 0 Å². The van der Waals surface area contributed by atoms with Gasteiger partial charge < -0.3 is 29.2 Å². The summed E-state index contributed by atoms with van der Waals surface area (Å²) < 4.78 is 12.6. The molecule has 2 fully saturated rings. The monoisotopic (exact) mass is 539 g/mol. The average molecular weight is 540 g/mol. The van der Waals surface area contributed by atoms with Gasteiger partial charge in [0.15, 0.2) is 5.11 Å². The summed E-state index contributed by atoms with van der Waals surface area (Å²) in [6.45, 7) is 3.24. The molecule has 0 aliphatic carbocycles. The molecule has 4 heterocycles. The summed E-state index contributed by atoms with van der Waals surface area (Å²) in [5.41, 5.74) is 5.42. The van der Waals surface area contributed by atoms with E-state index in [0.29, 0.717) is 10.7 Å². The van der Waals surface area contributed by atoms with Crippen molar-refractivity contribution in [2.24, 2.45) is 0 Å². The molecule has 39 heavy (non-hydrogen) atoms. The van der Waals surface area contributed by atoms with Crippen molar-refractivity contribution < 1.29 is 14.3 Å². The third-order valence-corrected chi connectivity index (χ3v) is 7.55. The largest absolute Gasteiger partial charge is 0.465 e. The van der Waals surface area contributed by atoms with Crippen LogP contribution >= 0.6 is 12.2 Å². The van der Waals surface area contributed by atoms with Crippen LogP contribution < -0.4 is 15.1 Å². The van der Waals surface area contributed by atoms with E-state index < -0.39 is 0 Å². The van der Waals surface area contributed by atoms with Crippen LogP contribution in [0, 0.1) is 0 Å². The molecule has 2 aliphatic rings. The standard InChI is InChI=1S/C30H29N5O3S/c1-37-29(36)21-6-4-7-24(20-21)34-15-5-9-26(34)28-27(25-8-2-3-14-31-25)32-30(39)35(28)23-12-10-22(11-13-23)33-16-18-38-19-17-33/h2-15,20,27-28H,16-19H2,1H3,(H,32,39)/t27-,28-/m0/s1. The highest BCUT2D eigenvalue weighted by Crippen LogP contribution is 2.42. The molecule has 2 aliphatic heterocycles. The number of ether oxygens (including phenoxy) is 2. The lowest BCUT2D eigenvalue weighted by molar-refractivity contribution is 0.0600. The minimum Gasteiger partial charge on any atom is -0.465 e. The number of rotatable bonds is 6. The fraction of sp³-hybridized carbons (Fsp3) is 0.233. The number of hydrogen-bond acceptors (Lipinski definition) is 6. The molecule has 0 amide bonds. The van der Waals surface area contributed by atoms with Crippen LogP contribution in [-0.4, -0.2) is 54.0 Å². The van der Waals surface area contributed by atoms with E-state index in [0.717, 1.165) is 49.1 Å². The van der Waals surface area contributed by atoms with Crippen LogP contribution in [0.25, 0.3) is 5.69 Å². The van der Waals surface area contributed by atoms with Gasteiger partial charge in [0.25, 0.3) is 0 Å². The molecule has 2 aromatic heterocycles. The molecule has 198 valence electrons. The average Bonchev–Trinajstić information content (AvgIpc) is 3.62. The molecular formula is C30H29N5O3S. The predicted octanol–water partition coefficient (Wildman–Crippen LogP) is 4.67. The third kappa shape index (κ3) is 4.86. The zero-order valence-electron chi connectivity index (χ0n) is 21.6. The molecule has 6 rings (SSSR count). The Morgan fingerprint density at radius 1 is 0.974 bits per heavy atom. The Balaban J connectivity index is 1.42. The molecule has 0 bridgehead atoms. The van der Waals surface area contributed by atoms with E-state index in [-0.39, 0.29) is 18.1 Å². The molecule has 0 radical (unpaired) electrons. The summed E-state index contributed by atoms with van der Waals surface area (Å²) in [6.07, 6.45) is 3.80. The molecule has 1 N–H and O–H groups in total. The molecule has 0 unspecified atom stereocenters. The highest BCUT2D eigenvalue weighted by Gasteiger charge is 2.42. The minimum atomic E-state index is -0.373. The molecule has 0 spiro atoms. The Hall–Kier alpha value is -4.21. The molecule has 8 nitrogen and oxygen atoms in total. The second kappa shape index (κ2) is 10.9. The van der Waals surface area contributed by atoms with Gasteiger partial charge in [0.05, 0.1) is 37.6 Å². The molecular weight excluding hydrogens is 510 g/mol. The highest BCUT2D eigenvalue weighted by atomic mass is 32.1. The number of pyridine rings is 1. The maximum atomic E-state index is 12.2. The Kier molecular flexibility index (Phi) is 7.00. The highest BCUT2D eigenvalue weighted by molar-refractivity contribution is 7.80. The van der Waals surface area contributed by atoms with Crippen molar-refractivity contribution in [3.63, 3.8) is 0 Å². The van der Waals surface area contributed by atoms with E-state index in [1.165, 1.54) is 12.8 Å². The fourth-order valence-electron chi connectivity index (χ4n) is 5.35. The minimum absolute atomic E-state index is 0.185. The molecule has 9 heteroatoms. The molecule has 2 atom stereocenters. The summed E-state index contributed by atoms with van der Waals surface area (Å²) in [7, 11) is 1.39. The molecule has 4 aromatic rings.